The van der Waals surface area contributed by atoms with E-state index < -0.39 is 11.7 Å². The maximum absolute atomic E-state index is 13.2. The number of carbonyl (C=O) groups is 2. The molecule has 0 atom stereocenters. The summed E-state index contributed by atoms with van der Waals surface area (Å²) < 4.78 is 14.6. The largest absolute Gasteiger partial charge is 0.320 e. The van der Waals surface area contributed by atoms with E-state index >= 15 is 0 Å². The van der Waals surface area contributed by atoms with Gasteiger partial charge in [0.1, 0.15) is 11.6 Å². The highest BCUT2D eigenvalue weighted by Crippen LogP contribution is 2.14. The predicted molar refractivity (Wildman–Crippen MR) is 96.3 cm³/mol. The Morgan fingerprint density at radius 3 is 2.54 bits per heavy atom. The van der Waals surface area contributed by atoms with E-state index in [4.69, 9.17) is 0 Å². The fraction of sp³-hybridized carbons (Fsp3) is 0.105. The zero-order chi connectivity index (χ0) is 18.5. The van der Waals surface area contributed by atoms with Gasteiger partial charge >= 0.3 is 0 Å². The number of hydrogen-bond donors (Lipinski definition) is 2. The molecule has 0 fully saturated rings. The first-order chi connectivity index (χ1) is 12.5. The summed E-state index contributed by atoms with van der Waals surface area (Å²) in [6.07, 6.45) is 0.219. The smallest absolute Gasteiger partial charge is 0.276 e. The van der Waals surface area contributed by atoms with Gasteiger partial charge in [0.05, 0.1) is 6.42 Å². The van der Waals surface area contributed by atoms with Crippen molar-refractivity contribution in [3.8, 4) is 0 Å². The van der Waals surface area contributed by atoms with Gasteiger partial charge in [0.2, 0.25) is 5.91 Å². The lowest BCUT2D eigenvalue weighted by molar-refractivity contribution is -0.115. The number of carbonyl (C=O) groups excluding carboxylic acids is 2. The third-order valence-electron chi connectivity index (χ3n) is 3.67. The molecule has 0 aliphatic carbocycles. The minimum absolute atomic E-state index is 0.117. The first-order valence-electron chi connectivity index (χ1n) is 7.96. The molecule has 0 saturated heterocycles. The van der Waals surface area contributed by atoms with Crippen LogP contribution in [0.1, 0.15) is 16.1 Å². The van der Waals surface area contributed by atoms with E-state index in [1.807, 2.05) is 30.3 Å². The highest BCUT2D eigenvalue weighted by Gasteiger charge is 2.15. The zero-order valence-corrected chi connectivity index (χ0v) is 14.1. The maximum atomic E-state index is 13.2. The molecule has 0 radical (unpaired) electrons. The van der Waals surface area contributed by atoms with Crippen LogP contribution in [0.2, 0.25) is 0 Å². The Morgan fingerprint density at radius 1 is 1.04 bits per heavy atom. The lowest BCUT2D eigenvalue weighted by Gasteiger charge is -2.04. The summed E-state index contributed by atoms with van der Waals surface area (Å²) in [6.45, 7) is 0. The lowest BCUT2D eigenvalue weighted by Crippen LogP contribution is -2.16. The van der Waals surface area contributed by atoms with Crippen LogP contribution >= 0.6 is 0 Å². The molecule has 0 aliphatic rings. The predicted octanol–water partition coefficient (Wildman–Crippen LogP) is 2.99. The third-order valence-corrected chi connectivity index (χ3v) is 3.67. The molecule has 2 aromatic carbocycles. The van der Waals surface area contributed by atoms with Crippen molar-refractivity contribution in [3.63, 3.8) is 0 Å². The van der Waals surface area contributed by atoms with Crippen LogP contribution in [-0.4, -0.2) is 21.6 Å². The van der Waals surface area contributed by atoms with Crippen LogP contribution in [0.3, 0.4) is 0 Å². The van der Waals surface area contributed by atoms with E-state index in [1.165, 1.54) is 28.9 Å². The highest BCUT2D eigenvalue weighted by molar-refractivity contribution is 6.04. The van der Waals surface area contributed by atoms with E-state index in [0.717, 1.165) is 5.56 Å². The fourth-order valence-electron chi connectivity index (χ4n) is 2.42. The quantitative estimate of drug-likeness (QED) is 0.741. The minimum Gasteiger partial charge on any atom is -0.320 e. The third kappa shape index (κ3) is 4.32. The molecule has 7 heteroatoms. The second-order valence-electron chi connectivity index (χ2n) is 5.71. The van der Waals surface area contributed by atoms with Crippen molar-refractivity contribution in [3.05, 3.63) is 77.7 Å². The van der Waals surface area contributed by atoms with Crippen LogP contribution in [0.15, 0.2) is 60.7 Å². The molecule has 0 bridgehead atoms. The summed E-state index contributed by atoms with van der Waals surface area (Å²) in [4.78, 5) is 24.4. The Hall–Kier alpha value is -3.48. The van der Waals surface area contributed by atoms with Gasteiger partial charge in [0.25, 0.3) is 5.91 Å². The van der Waals surface area contributed by atoms with Gasteiger partial charge in [-0.15, -0.1) is 0 Å². The van der Waals surface area contributed by atoms with Gasteiger partial charge in [0.15, 0.2) is 5.69 Å². The Bertz CT molecular complexity index is 938. The Balaban J connectivity index is 1.66. The number of benzene rings is 2. The second kappa shape index (κ2) is 7.60. The Morgan fingerprint density at radius 2 is 1.81 bits per heavy atom. The van der Waals surface area contributed by atoms with Crippen molar-refractivity contribution in [1.82, 2.24) is 9.78 Å². The standard InChI is InChI=1S/C19H17FN4O2/c1-24-17(22-18(25)10-13-6-3-2-4-7-13)12-16(23-24)19(26)21-15-9-5-8-14(20)11-15/h2-9,11-12H,10H2,1H3,(H,21,26)(H,22,25). The van der Waals surface area contributed by atoms with Gasteiger partial charge in [-0.2, -0.15) is 5.10 Å². The number of halogens is 1. The van der Waals surface area contributed by atoms with Gasteiger partial charge in [-0.05, 0) is 23.8 Å². The monoisotopic (exact) mass is 352 g/mol. The van der Waals surface area contributed by atoms with Crippen molar-refractivity contribution < 1.29 is 14.0 Å². The molecule has 2 N–H and O–H groups in total. The van der Waals surface area contributed by atoms with E-state index in [1.54, 1.807) is 13.1 Å². The summed E-state index contributed by atoms with van der Waals surface area (Å²) in [5.74, 6) is -0.751. The van der Waals surface area contributed by atoms with Crippen molar-refractivity contribution in [2.45, 2.75) is 6.42 Å². The van der Waals surface area contributed by atoms with Crippen LogP contribution in [0.5, 0.6) is 0 Å². The molecule has 26 heavy (non-hydrogen) atoms. The molecule has 1 aromatic heterocycles. The lowest BCUT2D eigenvalue weighted by atomic mass is 10.1. The summed E-state index contributed by atoms with van der Waals surface area (Å²) in [5, 5.41) is 9.38. The van der Waals surface area contributed by atoms with Gasteiger partial charge in [-0.3, -0.25) is 14.3 Å². The second-order valence-corrected chi connectivity index (χ2v) is 5.71. The molecule has 2 amide bonds. The number of aryl methyl sites for hydroxylation is 1. The maximum Gasteiger partial charge on any atom is 0.276 e. The molecule has 132 valence electrons. The van der Waals surface area contributed by atoms with Crippen molar-refractivity contribution in [2.75, 3.05) is 10.6 Å². The van der Waals surface area contributed by atoms with Crippen LogP contribution in [-0.2, 0) is 18.3 Å². The summed E-state index contributed by atoms with van der Waals surface area (Å²) in [5.41, 5.74) is 1.33. The number of rotatable bonds is 5. The van der Waals surface area contributed by atoms with Gasteiger partial charge < -0.3 is 10.6 Å². The van der Waals surface area contributed by atoms with Crippen molar-refractivity contribution >= 4 is 23.3 Å². The highest BCUT2D eigenvalue weighted by atomic mass is 19.1. The molecule has 0 unspecified atom stereocenters. The average molecular weight is 352 g/mol. The Labute approximate surface area is 149 Å². The molecular weight excluding hydrogens is 335 g/mol. The van der Waals surface area contributed by atoms with Crippen LogP contribution in [0.25, 0.3) is 0 Å². The number of amides is 2. The summed E-state index contributed by atoms with van der Waals surface area (Å²) in [7, 11) is 1.62. The molecular formula is C19H17FN4O2. The average Bonchev–Trinajstić information content (AvgIpc) is 2.96. The molecule has 0 spiro atoms. The minimum atomic E-state index is -0.491. The van der Waals surface area contributed by atoms with E-state index in [2.05, 4.69) is 15.7 Å². The van der Waals surface area contributed by atoms with E-state index in [-0.39, 0.29) is 18.0 Å². The first kappa shape index (κ1) is 17.3. The topological polar surface area (TPSA) is 76.0 Å². The number of anilines is 2. The van der Waals surface area contributed by atoms with Crippen LogP contribution in [0.4, 0.5) is 15.9 Å². The first-order valence-corrected chi connectivity index (χ1v) is 7.96. The molecule has 3 rings (SSSR count). The number of aromatic nitrogens is 2. The molecule has 0 saturated carbocycles. The van der Waals surface area contributed by atoms with E-state index in [9.17, 15) is 14.0 Å². The summed E-state index contributed by atoms with van der Waals surface area (Å²) in [6, 6.07) is 16.4. The number of nitrogens with one attached hydrogen (secondary N) is 2. The normalized spacial score (nSPS) is 10.4. The van der Waals surface area contributed by atoms with Gasteiger partial charge in [0, 0.05) is 18.8 Å². The van der Waals surface area contributed by atoms with Gasteiger partial charge in [-0.1, -0.05) is 36.4 Å². The van der Waals surface area contributed by atoms with Crippen LogP contribution in [0, 0.1) is 5.82 Å². The number of nitrogens with zero attached hydrogens (tertiary/aromatic N) is 2. The van der Waals surface area contributed by atoms with Gasteiger partial charge in [-0.25, -0.2) is 4.39 Å². The van der Waals surface area contributed by atoms with E-state index in [0.29, 0.717) is 11.5 Å². The molecule has 1 heterocycles. The molecule has 0 aliphatic heterocycles. The number of hydrogen-bond acceptors (Lipinski definition) is 3. The fourth-order valence-corrected chi connectivity index (χ4v) is 2.42. The van der Waals surface area contributed by atoms with Crippen molar-refractivity contribution in [2.24, 2.45) is 7.05 Å². The summed E-state index contributed by atoms with van der Waals surface area (Å²) >= 11 is 0. The molecule has 6 nitrogen and oxygen atoms in total. The van der Waals surface area contributed by atoms with Crippen LogP contribution < -0.4 is 10.6 Å². The Kier molecular flexibility index (Phi) is 5.07. The SMILES string of the molecule is Cn1nc(C(=O)Nc2cccc(F)c2)cc1NC(=O)Cc1ccccc1. The van der Waals surface area contributed by atoms with Crippen molar-refractivity contribution in [1.29, 1.82) is 0 Å². The molecule has 3 aromatic rings. The zero-order valence-electron chi connectivity index (χ0n) is 14.1.